The first-order valence-corrected chi connectivity index (χ1v) is 7.55. The summed E-state index contributed by atoms with van der Waals surface area (Å²) in [5.74, 6) is -1.20. The maximum Gasteiger partial charge on any atom is 0.307 e. The van der Waals surface area contributed by atoms with Crippen LogP contribution in [0.15, 0.2) is 27.6 Å². The van der Waals surface area contributed by atoms with Crippen LogP contribution in [-0.2, 0) is 19.6 Å². The third-order valence-electron chi connectivity index (χ3n) is 2.73. The summed E-state index contributed by atoms with van der Waals surface area (Å²) in [4.78, 5) is 23.1. The van der Waals surface area contributed by atoms with Gasteiger partial charge in [-0.05, 0) is 28.1 Å². The van der Waals surface area contributed by atoms with E-state index in [0.717, 1.165) is 0 Å². The molecule has 1 heterocycles. The number of nitrogens with zero attached hydrogens (tertiary/aromatic N) is 1. The van der Waals surface area contributed by atoms with Crippen molar-refractivity contribution < 1.29 is 22.7 Å². The van der Waals surface area contributed by atoms with E-state index in [1.54, 1.807) is 6.07 Å². The Balaban J connectivity index is 2.38. The Bertz CT molecular complexity index is 655. The van der Waals surface area contributed by atoms with Crippen LogP contribution in [0.2, 0.25) is 0 Å². The molecule has 1 aliphatic rings. The molecule has 0 unspecified atom stereocenters. The molecular weight excluding hydrogens is 338 g/mol. The molecular formula is C11H10BrNO5S. The van der Waals surface area contributed by atoms with Crippen LogP contribution < -0.4 is 0 Å². The van der Waals surface area contributed by atoms with Crippen molar-refractivity contribution in [3.8, 4) is 0 Å². The Morgan fingerprint density at radius 3 is 2.68 bits per heavy atom. The van der Waals surface area contributed by atoms with Gasteiger partial charge in [0.1, 0.15) is 4.90 Å². The van der Waals surface area contributed by atoms with Gasteiger partial charge in [0.15, 0.2) is 0 Å². The number of hydrogen-bond acceptors (Lipinski definition) is 5. The highest BCUT2D eigenvalue weighted by Gasteiger charge is 2.42. The molecule has 2 rings (SSSR count). The van der Waals surface area contributed by atoms with E-state index in [2.05, 4.69) is 20.7 Å². The van der Waals surface area contributed by atoms with Gasteiger partial charge in [-0.15, -0.1) is 0 Å². The Hall–Kier alpha value is -1.41. The van der Waals surface area contributed by atoms with Gasteiger partial charge in [0.25, 0.3) is 15.9 Å². The number of halogens is 1. The lowest BCUT2D eigenvalue weighted by Crippen LogP contribution is -2.32. The zero-order chi connectivity index (χ0) is 14.2. The first-order valence-electron chi connectivity index (χ1n) is 5.32. The van der Waals surface area contributed by atoms with Crippen molar-refractivity contribution in [1.29, 1.82) is 0 Å². The van der Waals surface area contributed by atoms with E-state index in [1.807, 2.05) is 0 Å². The lowest BCUT2D eigenvalue weighted by atomic mass is 10.2. The van der Waals surface area contributed by atoms with Crippen LogP contribution in [0.1, 0.15) is 16.8 Å². The normalized spacial score (nSPS) is 16.3. The third-order valence-corrected chi connectivity index (χ3v) is 5.22. The second-order valence-electron chi connectivity index (χ2n) is 3.82. The van der Waals surface area contributed by atoms with Crippen LogP contribution in [0.25, 0.3) is 0 Å². The molecule has 0 aromatic heterocycles. The number of esters is 1. The van der Waals surface area contributed by atoms with Gasteiger partial charge in [0.2, 0.25) is 0 Å². The number of methoxy groups -OCH3 is 1. The van der Waals surface area contributed by atoms with Crippen LogP contribution >= 0.6 is 15.9 Å². The first kappa shape index (κ1) is 14.0. The minimum Gasteiger partial charge on any atom is -0.469 e. The molecule has 0 radical (unpaired) electrons. The van der Waals surface area contributed by atoms with E-state index < -0.39 is 21.9 Å². The van der Waals surface area contributed by atoms with Gasteiger partial charge < -0.3 is 4.74 Å². The summed E-state index contributed by atoms with van der Waals surface area (Å²) in [5.41, 5.74) is 0.104. The summed E-state index contributed by atoms with van der Waals surface area (Å²) in [7, 11) is -2.67. The quantitative estimate of drug-likeness (QED) is 0.766. The molecule has 0 atom stereocenters. The summed E-state index contributed by atoms with van der Waals surface area (Å²) in [5, 5.41) is 0. The molecule has 1 aromatic rings. The number of carbonyl (C=O) groups excluding carboxylic acids is 2. The summed E-state index contributed by atoms with van der Waals surface area (Å²) in [6, 6.07) is 4.50. The summed E-state index contributed by atoms with van der Waals surface area (Å²) < 4.78 is 29.9. The molecule has 1 aromatic carbocycles. The van der Waals surface area contributed by atoms with Crippen molar-refractivity contribution in [1.82, 2.24) is 4.31 Å². The molecule has 0 bridgehead atoms. The molecule has 1 aliphatic heterocycles. The Kier molecular flexibility index (Phi) is 3.64. The fourth-order valence-corrected chi connectivity index (χ4v) is 4.05. The highest BCUT2D eigenvalue weighted by atomic mass is 79.9. The SMILES string of the molecule is COC(=O)CCN1C(=O)c2c(Br)cccc2S1(=O)=O. The maximum atomic E-state index is 12.2. The zero-order valence-corrected chi connectivity index (χ0v) is 12.3. The van der Waals surface area contributed by atoms with Crippen molar-refractivity contribution in [2.24, 2.45) is 0 Å². The second kappa shape index (κ2) is 4.93. The number of amides is 1. The highest BCUT2D eigenvalue weighted by molar-refractivity contribution is 9.10. The van der Waals surface area contributed by atoms with Gasteiger partial charge in [-0.1, -0.05) is 6.07 Å². The van der Waals surface area contributed by atoms with Gasteiger partial charge >= 0.3 is 5.97 Å². The minimum absolute atomic E-state index is 0.0447. The topological polar surface area (TPSA) is 80.8 Å². The van der Waals surface area contributed by atoms with E-state index >= 15 is 0 Å². The van der Waals surface area contributed by atoms with Gasteiger partial charge in [-0.2, -0.15) is 0 Å². The molecule has 0 saturated carbocycles. The Morgan fingerprint density at radius 2 is 2.11 bits per heavy atom. The van der Waals surface area contributed by atoms with Crippen molar-refractivity contribution >= 4 is 37.8 Å². The maximum absolute atomic E-state index is 12.2. The van der Waals surface area contributed by atoms with Crippen molar-refractivity contribution in [3.05, 3.63) is 28.2 Å². The first-order chi connectivity index (χ1) is 8.89. The molecule has 102 valence electrons. The molecule has 6 nitrogen and oxygen atoms in total. The van der Waals surface area contributed by atoms with Gasteiger partial charge in [0, 0.05) is 11.0 Å². The molecule has 0 saturated heterocycles. The average Bonchev–Trinajstić information content (AvgIpc) is 2.56. The molecule has 0 aliphatic carbocycles. The number of hydrogen-bond donors (Lipinski definition) is 0. The van der Waals surface area contributed by atoms with E-state index in [1.165, 1.54) is 19.2 Å². The summed E-state index contributed by atoms with van der Waals surface area (Å²) in [6.07, 6.45) is -0.174. The number of sulfonamides is 1. The highest BCUT2D eigenvalue weighted by Crippen LogP contribution is 2.34. The Labute approximate surface area is 118 Å². The van der Waals surface area contributed by atoms with E-state index in [9.17, 15) is 18.0 Å². The lowest BCUT2D eigenvalue weighted by Gasteiger charge is -2.13. The average molecular weight is 348 g/mol. The molecule has 0 fully saturated rings. The molecule has 0 N–H and O–H groups in total. The van der Waals surface area contributed by atoms with Gasteiger partial charge in [-0.25, -0.2) is 12.7 Å². The molecule has 19 heavy (non-hydrogen) atoms. The predicted molar refractivity (Wildman–Crippen MR) is 69.0 cm³/mol. The smallest absolute Gasteiger partial charge is 0.307 e. The van der Waals surface area contributed by atoms with Crippen LogP contribution in [0, 0.1) is 0 Å². The number of benzene rings is 1. The van der Waals surface area contributed by atoms with E-state index in [-0.39, 0.29) is 23.4 Å². The predicted octanol–water partition coefficient (Wildman–Crippen LogP) is 1.16. The standard InChI is InChI=1S/C11H10BrNO5S/c1-18-9(14)5-6-13-11(15)10-7(12)3-2-4-8(10)19(13,16)17/h2-4H,5-6H2,1H3. The van der Waals surface area contributed by atoms with E-state index in [0.29, 0.717) is 8.78 Å². The van der Waals surface area contributed by atoms with Crippen molar-refractivity contribution in [2.45, 2.75) is 11.3 Å². The Morgan fingerprint density at radius 1 is 1.42 bits per heavy atom. The molecule has 1 amide bonds. The summed E-state index contributed by atoms with van der Waals surface area (Å²) >= 11 is 3.16. The van der Waals surface area contributed by atoms with Crippen LogP contribution in [-0.4, -0.2) is 38.3 Å². The minimum atomic E-state index is -3.88. The lowest BCUT2D eigenvalue weighted by molar-refractivity contribution is -0.140. The van der Waals surface area contributed by atoms with Crippen LogP contribution in [0.3, 0.4) is 0 Å². The number of fused-ring (bicyclic) bond motifs is 1. The molecule has 8 heteroatoms. The second-order valence-corrected chi connectivity index (χ2v) is 6.51. The fourth-order valence-electron chi connectivity index (χ4n) is 1.80. The summed E-state index contributed by atoms with van der Waals surface area (Å²) in [6.45, 7) is -0.227. The number of rotatable bonds is 3. The molecule has 0 spiro atoms. The van der Waals surface area contributed by atoms with E-state index in [4.69, 9.17) is 0 Å². The van der Waals surface area contributed by atoms with Crippen molar-refractivity contribution in [2.75, 3.05) is 13.7 Å². The van der Waals surface area contributed by atoms with Crippen LogP contribution in [0.5, 0.6) is 0 Å². The largest absolute Gasteiger partial charge is 0.469 e. The van der Waals surface area contributed by atoms with Crippen molar-refractivity contribution in [3.63, 3.8) is 0 Å². The van der Waals surface area contributed by atoms with Gasteiger partial charge in [0.05, 0.1) is 19.1 Å². The van der Waals surface area contributed by atoms with Gasteiger partial charge in [-0.3, -0.25) is 9.59 Å². The van der Waals surface area contributed by atoms with Crippen LogP contribution in [0.4, 0.5) is 0 Å². The zero-order valence-electron chi connectivity index (χ0n) is 9.92. The number of carbonyl (C=O) groups is 2. The monoisotopic (exact) mass is 347 g/mol. The third kappa shape index (κ3) is 2.25. The number of ether oxygens (including phenoxy) is 1. The fraction of sp³-hybridized carbons (Fsp3) is 0.273.